The lowest BCUT2D eigenvalue weighted by Crippen LogP contribution is -2.29. The van der Waals surface area contributed by atoms with Gasteiger partial charge in [0.25, 0.3) is 0 Å². The van der Waals surface area contributed by atoms with Crippen molar-refractivity contribution in [3.63, 3.8) is 0 Å². The largest absolute Gasteiger partial charge is 0.494 e. The summed E-state index contributed by atoms with van der Waals surface area (Å²) >= 11 is 0. The maximum absolute atomic E-state index is 9.40. The Morgan fingerprint density at radius 2 is 1.88 bits per heavy atom. The maximum atomic E-state index is 9.40. The fraction of sp³-hybridized carbons (Fsp3) is 0.571. The molecule has 0 aliphatic rings. The SMILES string of the molecule is CC(C)C(C)(CO)CCOc1ccccc1. The minimum absolute atomic E-state index is 0.0468. The van der Waals surface area contributed by atoms with Crippen LogP contribution in [0.25, 0.3) is 0 Å². The van der Waals surface area contributed by atoms with E-state index in [0.29, 0.717) is 12.5 Å². The monoisotopic (exact) mass is 222 g/mol. The predicted molar refractivity (Wildman–Crippen MR) is 66.6 cm³/mol. The van der Waals surface area contributed by atoms with Crippen LogP contribution in [0.1, 0.15) is 27.2 Å². The quantitative estimate of drug-likeness (QED) is 0.801. The van der Waals surface area contributed by atoms with Crippen molar-refractivity contribution in [1.29, 1.82) is 0 Å². The lowest BCUT2D eigenvalue weighted by Gasteiger charge is -2.31. The third-order valence-electron chi connectivity index (χ3n) is 3.44. The molecule has 0 aliphatic carbocycles. The van der Waals surface area contributed by atoms with E-state index in [9.17, 15) is 5.11 Å². The molecule has 90 valence electrons. The van der Waals surface area contributed by atoms with Gasteiger partial charge in [-0.3, -0.25) is 0 Å². The summed E-state index contributed by atoms with van der Waals surface area (Å²) in [7, 11) is 0. The van der Waals surface area contributed by atoms with Crippen molar-refractivity contribution in [1.82, 2.24) is 0 Å². The summed E-state index contributed by atoms with van der Waals surface area (Å²) in [6.07, 6.45) is 0.871. The highest BCUT2D eigenvalue weighted by atomic mass is 16.5. The van der Waals surface area contributed by atoms with Crippen molar-refractivity contribution in [2.24, 2.45) is 11.3 Å². The molecule has 0 bridgehead atoms. The second-order valence-corrected chi connectivity index (χ2v) is 4.88. The number of hydrogen-bond donors (Lipinski definition) is 1. The first-order valence-corrected chi connectivity index (χ1v) is 5.87. The summed E-state index contributed by atoms with van der Waals surface area (Å²) in [6, 6.07) is 9.79. The van der Waals surface area contributed by atoms with Gasteiger partial charge in [0.15, 0.2) is 0 Å². The molecule has 1 rings (SSSR count). The molecule has 2 heteroatoms. The predicted octanol–water partition coefficient (Wildman–Crippen LogP) is 3.11. The van der Waals surface area contributed by atoms with E-state index in [4.69, 9.17) is 4.74 Å². The Kier molecular flexibility index (Phi) is 4.81. The van der Waals surface area contributed by atoms with Crippen molar-refractivity contribution in [3.8, 4) is 5.75 Å². The van der Waals surface area contributed by atoms with Crippen LogP contribution in [0.4, 0.5) is 0 Å². The molecule has 1 atom stereocenters. The first-order valence-electron chi connectivity index (χ1n) is 5.87. The second-order valence-electron chi connectivity index (χ2n) is 4.88. The summed E-state index contributed by atoms with van der Waals surface area (Å²) < 4.78 is 5.64. The normalized spacial score (nSPS) is 14.8. The van der Waals surface area contributed by atoms with E-state index >= 15 is 0 Å². The Morgan fingerprint density at radius 3 is 2.38 bits per heavy atom. The van der Waals surface area contributed by atoms with E-state index in [1.807, 2.05) is 30.3 Å². The summed E-state index contributed by atoms with van der Waals surface area (Å²) in [5.74, 6) is 1.35. The molecule has 0 saturated carbocycles. The Hall–Kier alpha value is -1.02. The maximum Gasteiger partial charge on any atom is 0.119 e. The average Bonchev–Trinajstić information content (AvgIpc) is 2.30. The van der Waals surface area contributed by atoms with Gasteiger partial charge in [-0.25, -0.2) is 0 Å². The van der Waals surface area contributed by atoms with Gasteiger partial charge in [-0.2, -0.15) is 0 Å². The van der Waals surface area contributed by atoms with Crippen LogP contribution < -0.4 is 4.74 Å². The number of ether oxygens (including phenoxy) is 1. The van der Waals surface area contributed by atoms with Crippen molar-refractivity contribution in [2.75, 3.05) is 13.2 Å². The zero-order valence-electron chi connectivity index (χ0n) is 10.4. The lowest BCUT2D eigenvalue weighted by atomic mass is 9.77. The smallest absolute Gasteiger partial charge is 0.119 e. The molecule has 0 fully saturated rings. The zero-order valence-corrected chi connectivity index (χ0v) is 10.4. The van der Waals surface area contributed by atoms with Gasteiger partial charge in [0.05, 0.1) is 6.61 Å². The number of hydrogen-bond acceptors (Lipinski definition) is 2. The van der Waals surface area contributed by atoms with Gasteiger partial charge in [0, 0.05) is 6.61 Å². The Labute approximate surface area is 98.3 Å². The minimum atomic E-state index is -0.0468. The highest BCUT2D eigenvalue weighted by Crippen LogP contribution is 2.30. The Morgan fingerprint density at radius 1 is 1.25 bits per heavy atom. The number of aliphatic hydroxyl groups is 1. The average molecular weight is 222 g/mol. The lowest BCUT2D eigenvalue weighted by molar-refractivity contribution is 0.0691. The van der Waals surface area contributed by atoms with Crippen molar-refractivity contribution < 1.29 is 9.84 Å². The second kappa shape index (κ2) is 5.90. The molecular weight excluding hydrogens is 200 g/mol. The molecule has 1 N–H and O–H groups in total. The standard InChI is InChI=1S/C14H22O2/c1-12(2)14(3,11-15)9-10-16-13-7-5-4-6-8-13/h4-8,12,15H,9-11H2,1-3H3. The molecule has 1 unspecified atom stereocenters. The van der Waals surface area contributed by atoms with Crippen molar-refractivity contribution in [3.05, 3.63) is 30.3 Å². The number of para-hydroxylation sites is 1. The molecule has 1 aromatic carbocycles. The number of aliphatic hydroxyl groups excluding tert-OH is 1. The minimum Gasteiger partial charge on any atom is -0.494 e. The fourth-order valence-corrected chi connectivity index (χ4v) is 1.47. The van der Waals surface area contributed by atoms with Crippen LogP contribution in [-0.4, -0.2) is 18.3 Å². The van der Waals surface area contributed by atoms with Gasteiger partial charge in [-0.15, -0.1) is 0 Å². The molecule has 0 saturated heterocycles. The summed E-state index contributed by atoms with van der Waals surface area (Å²) in [5, 5.41) is 9.40. The van der Waals surface area contributed by atoms with Gasteiger partial charge in [-0.1, -0.05) is 39.0 Å². The van der Waals surface area contributed by atoms with Crippen LogP contribution in [0.3, 0.4) is 0 Å². The van der Waals surface area contributed by atoms with E-state index in [1.165, 1.54) is 0 Å². The fourth-order valence-electron chi connectivity index (χ4n) is 1.47. The first kappa shape index (κ1) is 13.0. The molecule has 0 amide bonds. The Bertz CT molecular complexity index is 295. The van der Waals surface area contributed by atoms with E-state index in [0.717, 1.165) is 12.2 Å². The topological polar surface area (TPSA) is 29.5 Å². The van der Waals surface area contributed by atoms with Gasteiger partial charge in [0.1, 0.15) is 5.75 Å². The molecule has 2 nitrogen and oxygen atoms in total. The van der Waals surface area contributed by atoms with Gasteiger partial charge in [-0.05, 0) is 29.9 Å². The highest BCUT2D eigenvalue weighted by Gasteiger charge is 2.27. The Balaban J connectivity index is 2.40. The van der Waals surface area contributed by atoms with Gasteiger partial charge < -0.3 is 9.84 Å². The molecule has 16 heavy (non-hydrogen) atoms. The van der Waals surface area contributed by atoms with Crippen molar-refractivity contribution in [2.45, 2.75) is 27.2 Å². The zero-order chi connectivity index (χ0) is 12.0. The van der Waals surface area contributed by atoms with E-state index in [1.54, 1.807) is 0 Å². The molecule has 0 aromatic heterocycles. The van der Waals surface area contributed by atoms with Crippen LogP contribution in [-0.2, 0) is 0 Å². The van der Waals surface area contributed by atoms with Gasteiger partial charge in [0.2, 0.25) is 0 Å². The number of rotatable bonds is 6. The number of benzene rings is 1. The van der Waals surface area contributed by atoms with Crippen LogP contribution >= 0.6 is 0 Å². The van der Waals surface area contributed by atoms with E-state index in [2.05, 4.69) is 20.8 Å². The van der Waals surface area contributed by atoms with Crippen LogP contribution in [0, 0.1) is 11.3 Å². The van der Waals surface area contributed by atoms with Gasteiger partial charge >= 0.3 is 0 Å². The first-order chi connectivity index (χ1) is 7.58. The summed E-state index contributed by atoms with van der Waals surface area (Å²) in [6.45, 7) is 7.24. The third-order valence-corrected chi connectivity index (χ3v) is 3.44. The molecule has 0 aliphatic heterocycles. The molecular formula is C14H22O2. The highest BCUT2D eigenvalue weighted by molar-refractivity contribution is 5.20. The molecule has 0 heterocycles. The third kappa shape index (κ3) is 3.53. The van der Waals surface area contributed by atoms with Crippen LogP contribution in [0.2, 0.25) is 0 Å². The molecule has 0 radical (unpaired) electrons. The molecule has 0 spiro atoms. The summed E-state index contributed by atoms with van der Waals surface area (Å²) in [5.41, 5.74) is -0.0468. The van der Waals surface area contributed by atoms with Crippen LogP contribution in [0.5, 0.6) is 5.75 Å². The molecule has 1 aromatic rings. The summed E-state index contributed by atoms with van der Waals surface area (Å²) in [4.78, 5) is 0. The van der Waals surface area contributed by atoms with E-state index < -0.39 is 0 Å². The van der Waals surface area contributed by atoms with Crippen molar-refractivity contribution >= 4 is 0 Å². The van der Waals surface area contributed by atoms with Crippen LogP contribution in [0.15, 0.2) is 30.3 Å². The van der Waals surface area contributed by atoms with E-state index in [-0.39, 0.29) is 12.0 Å².